The van der Waals surface area contributed by atoms with Crippen molar-refractivity contribution in [2.75, 3.05) is 31.8 Å². The Labute approximate surface area is 199 Å². The van der Waals surface area contributed by atoms with Crippen LogP contribution in [0, 0.1) is 24.7 Å². The predicted octanol–water partition coefficient (Wildman–Crippen LogP) is 4.38. The first-order valence-electron chi connectivity index (χ1n) is 10.5. The molecule has 0 spiro atoms. The summed E-state index contributed by atoms with van der Waals surface area (Å²) in [5.74, 6) is 2.43. The summed E-state index contributed by atoms with van der Waals surface area (Å²) >= 11 is 0. The maximum atomic E-state index is 13.1. The number of anilines is 2. The van der Waals surface area contributed by atoms with Crippen molar-refractivity contribution >= 4 is 29.0 Å². The molecule has 3 aromatic carbocycles. The van der Waals surface area contributed by atoms with Crippen LogP contribution in [0.25, 0.3) is 0 Å². The number of hydrogen-bond donors (Lipinski definition) is 3. The Morgan fingerprint density at radius 2 is 1.56 bits per heavy atom. The third kappa shape index (κ3) is 5.43. The molecule has 0 atom stereocenters. The summed E-state index contributed by atoms with van der Waals surface area (Å²) in [7, 11) is 5.04. The lowest BCUT2D eigenvalue weighted by Gasteiger charge is -2.17. The molecule has 0 saturated heterocycles. The summed E-state index contributed by atoms with van der Waals surface area (Å²) < 4.78 is 5.46. The Morgan fingerprint density at radius 3 is 2.12 bits per heavy atom. The highest BCUT2D eigenvalue weighted by molar-refractivity contribution is 6.14. The molecular weight excluding hydrogens is 428 g/mol. The fraction of sp³-hybridized carbons (Fsp3) is 0.148. The molecule has 0 aliphatic carbocycles. The second kappa shape index (κ2) is 10.4. The van der Waals surface area contributed by atoms with Gasteiger partial charge in [0.15, 0.2) is 0 Å². The molecule has 0 unspecified atom stereocenters. The van der Waals surface area contributed by atoms with Gasteiger partial charge in [-0.15, -0.1) is 6.42 Å². The molecule has 7 nitrogen and oxygen atoms in total. The first-order chi connectivity index (χ1) is 16.2. The predicted molar refractivity (Wildman–Crippen MR) is 135 cm³/mol. The highest BCUT2D eigenvalue weighted by atomic mass is 16.5. The van der Waals surface area contributed by atoms with Gasteiger partial charge in [0.1, 0.15) is 11.6 Å². The quantitative estimate of drug-likeness (QED) is 0.293. The summed E-state index contributed by atoms with van der Waals surface area (Å²) in [5, 5.41) is 13.7. The van der Waals surface area contributed by atoms with Gasteiger partial charge in [-0.05, 0) is 61.0 Å². The average Bonchev–Trinajstić information content (AvgIpc) is 2.84. The SMILES string of the molecule is C#Cc1ccc(NC(=O)c2cc(C)cc(OC)c2NC(=O)c2ccc(C(=N)N(C)C)cc2)cc1. The number of hydrogen-bond acceptors (Lipinski definition) is 4. The summed E-state index contributed by atoms with van der Waals surface area (Å²) in [5.41, 5.74) is 3.67. The molecule has 0 heterocycles. The number of terminal acetylenes is 1. The van der Waals surface area contributed by atoms with Crippen molar-refractivity contribution in [3.8, 4) is 18.1 Å². The molecule has 0 aliphatic rings. The number of amides is 2. The molecule has 0 aromatic heterocycles. The van der Waals surface area contributed by atoms with Crippen LogP contribution in [-0.2, 0) is 0 Å². The first-order valence-corrected chi connectivity index (χ1v) is 10.5. The number of carbonyl (C=O) groups is 2. The Bertz CT molecular complexity index is 1270. The molecule has 0 bridgehead atoms. The molecule has 0 radical (unpaired) electrons. The molecule has 3 aromatic rings. The standard InChI is InChI=1S/C27H26N4O3/c1-6-18-7-13-21(14-8-18)29-27(33)22-15-17(2)16-23(34-5)24(22)30-26(32)20-11-9-19(10-12-20)25(28)31(3)4/h1,7-16,28H,2-5H3,(H,29,33)(H,30,32). The summed E-state index contributed by atoms with van der Waals surface area (Å²) in [6.45, 7) is 1.84. The van der Waals surface area contributed by atoms with Gasteiger partial charge in [0.05, 0.1) is 18.4 Å². The zero-order chi connectivity index (χ0) is 24.8. The smallest absolute Gasteiger partial charge is 0.257 e. The highest BCUT2D eigenvalue weighted by Crippen LogP contribution is 2.31. The van der Waals surface area contributed by atoms with Crippen LogP contribution >= 0.6 is 0 Å². The molecule has 172 valence electrons. The number of rotatable bonds is 6. The molecular formula is C27H26N4O3. The molecule has 0 fully saturated rings. The number of methoxy groups -OCH3 is 1. The van der Waals surface area contributed by atoms with Gasteiger partial charge in [0.25, 0.3) is 11.8 Å². The molecule has 7 heteroatoms. The molecule has 0 saturated carbocycles. The van der Waals surface area contributed by atoms with Crippen molar-refractivity contribution in [1.29, 1.82) is 5.41 Å². The minimum absolute atomic E-state index is 0.261. The van der Waals surface area contributed by atoms with Crippen LogP contribution < -0.4 is 15.4 Å². The lowest BCUT2D eigenvalue weighted by atomic mass is 10.1. The number of ether oxygens (including phenoxy) is 1. The number of carbonyl (C=O) groups excluding carboxylic acids is 2. The van der Waals surface area contributed by atoms with E-state index in [4.69, 9.17) is 16.6 Å². The van der Waals surface area contributed by atoms with E-state index in [1.807, 2.05) is 6.92 Å². The van der Waals surface area contributed by atoms with Crippen molar-refractivity contribution in [3.63, 3.8) is 0 Å². The Kier molecular flexibility index (Phi) is 7.34. The third-order valence-corrected chi connectivity index (χ3v) is 5.13. The Morgan fingerprint density at radius 1 is 0.941 bits per heavy atom. The van der Waals surface area contributed by atoms with E-state index < -0.39 is 11.8 Å². The number of amidine groups is 1. The van der Waals surface area contributed by atoms with Crippen molar-refractivity contribution in [2.24, 2.45) is 0 Å². The minimum Gasteiger partial charge on any atom is -0.495 e. The molecule has 3 N–H and O–H groups in total. The van der Waals surface area contributed by atoms with Crippen LogP contribution in [0.3, 0.4) is 0 Å². The topological polar surface area (TPSA) is 94.5 Å². The van der Waals surface area contributed by atoms with E-state index in [0.717, 1.165) is 5.56 Å². The number of nitrogens with zero attached hydrogens (tertiary/aromatic N) is 1. The average molecular weight is 455 g/mol. The largest absolute Gasteiger partial charge is 0.495 e. The van der Waals surface area contributed by atoms with Gasteiger partial charge in [0.2, 0.25) is 0 Å². The second-order valence-corrected chi connectivity index (χ2v) is 7.84. The molecule has 34 heavy (non-hydrogen) atoms. The van der Waals surface area contributed by atoms with Crippen LogP contribution in [0.5, 0.6) is 5.75 Å². The lowest BCUT2D eigenvalue weighted by Crippen LogP contribution is -2.22. The van der Waals surface area contributed by atoms with Crippen LogP contribution in [-0.4, -0.2) is 43.8 Å². The van der Waals surface area contributed by atoms with E-state index in [0.29, 0.717) is 34.0 Å². The fourth-order valence-electron chi connectivity index (χ4n) is 3.29. The van der Waals surface area contributed by atoms with Gasteiger partial charge in [0, 0.05) is 36.5 Å². The van der Waals surface area contributed by atoms with Crippen molar-refractivity contribution in [1.82, 2.24) is 4.90 Å². The van der Waals surface area contributed by atoms with Gasteiger partial charge in [-0.1, -0.05) is 18.1 Å². The maximum absolute atomic E-state index is 13.1. The monoisotopic (exact) mass is 454 g/mol. The van der Waals surface area contributed by atoms with Crippen molar-refractivity contribution in [3.05, 3.63) is 88.5 Å². The third-order valence-electron chi connectivity index (χ3n) is 5.13. The van der Waals surface area contributed by atoms with E-state index in [2.05, 4.69) is 16.6 Å². The van der Waals surface area contributed by atoms with E-state index in [9.17, 15) is 9.59 Å². The van der Waals surface area contributed by atoms with E-state index in [1.54, 1.807) is 79.7 Å². The zero-order valence-electron chi connectivity index (χ0n) is 19.5. The van der Waals surface area contributed by atoms with Crippen molar-refractivity contribution in [2.45, 2.75) is 6.92 Å². The maximum Gasteiger partial charge on any atom is 0.257 e. The van der Waals surface area contributed by atoms with Crippen LogP contribution in [0.2, 0.25) is 0 Å². The molecule has 2 amide bonds. The van der Waals surface area contributed by atoms with Crippen LogP contribution in [0.1, 0.15) is 37.4 Å². The number of benzene rings is 3. The van der Waals surface area contributed by atoms with E-state index in [-0.39, 0.29) is 11.3 Å². The summed E-state index contributed by atoms with van der Waals surface area (Å²) in [6.07, 6.45) is 5.39. The van der Waals surface area contributed by atoms with Gasteiger partial charge < -0.3 is 20.3 Å². The van der Waals surface area contributed by atoms with Gasteiger partial charge in [-0.2, -0.15) is 0 Å². The second-order valence-electron chi connectivity index (χ2n) is 7.84. The lowest BCUT2D eigenvalue weighted by molar-refractivity contribution is 0.102. The summed E-state index contributed by atoms with van der Waals surface area (Å²) in [6, 6.07) is 17.0. The van der Waals surface area contributed by atoms with Gasteiger partial charge in [-0.3, -0.25) is 15.0 Å². The summed E-state index contributed by atoms with van der Waals surface area (Å²) in [4.78, 5) is 27.8. The highest BCUT2D eigenvalue weighted by Gasteiger charge is 2.20. The van der Waals surface area contributed by atoms with Gasteiger partial charge in [-0.25, -0.2) is 0 Å². The number of nitrogens with one attached hydrogen (secondary N) is 3. The normalized spacial score (nSPS) is 10.1. The molecule has 0 aliphatic heterocycles. The fourth-order valence-corrected chi connectivity index (χ4v) is 3.29. The zero-order valence-corrected chi connectivity index (χ0v) is 19.5. The van der Waals surface area contributed by atoms with E-state index in [1.165, 1.54) is 7.11 Å². The van der Waals surface area contributed by atoms with Crippen LogP contribution in [0.4, 0.5) is 11.4 Å². The number of aryl methyl sites for hydroxylation is 1. The Balaban J connectivity index is 1.89. The van der Waals surface area contributed by atoms with Crippen molar-refractivity contribution < 1.29 is 14.3 Å². The van der Waals surface area contributed by atoms with Crippen LogP contribution in [0.15, 0.2) is 60.7 Å². The van der Waals surface area contributed by atoms with E-state index >= 15 is 0 Å². The Hall–Kier alpha value is -4.57. The molecule has 3 rings (SSSR count). The van der Waals surface area contributed by atoms with Gasteiger partial charge >= 0.3 is 0 Å². The minimum atomic E-state index is -0.405. The first kappa shape index (κ1) is 24.1.